The Kier molecular flexibility index (Phi) is 3.62. The Morgan fingerprint density at radius 2 is 2.14 bits per heavy atom. The lowest BCUT2D eigenvalue weighted by Gasteiger charge is -2.11. The Morgan fingerprint density at radius 1 is 1.50 bits per heavy atom. The van der Waals surface area contributed by atoms with Crippen molar-refractivity contribution in [2.75, 3.05) is 0 Å². The van der Waals surface area contributed by atoms with Crippen LogP contribution in [0, 0.1) is 24.0 Å². The van der Waals surface area contributed by atoms with Crippen molar-refractivity contribution in [1.29, 1.82) is 0 Å². The Hall–Kier alpha value is -0.920. The van der Waals surface area contributed by atoms with Gasteiger partial charge in [-0.05, 0) is 27.6 Å². The van der Waals surface area contributed by atoms with Crippen molar-refractivity contribution in [1.82, 2.24) is 0 Å². The van der Waals surface area contributed by atoms with Crippen LogP contribution in [-0.2, 0) is 0 Å². The second kappa shape index (κ2) is 4.54. The molecule has 0 amide bonds. The highest BCUT2D eigenvalue weighted by Crippen LogP contribution is 2.27. The Balaban J connectivity index is 3.12. The topological polar surface area (TPSA) is 26.0 Å². The summed E-state index contributed by atoms with van der Waals surface area (Å²) in [5, 5.41) is 0. The highest BCUT2D eigenvalue weighted by Gasteiger charge is 2.15. The van der Waals surface area contributed by atoms with Crippen molar-refractivity contribution < 1.29 is 8.78 Å². The minimum absolute atomic E-state index is 0.0419. The average molecular weight is 260 g/mol. The summed E-state index contributed by atoms with van der Waals surface area (Å²) < 4.78 is 25.8. The number of rotatable bonds is 2. The minimum atomic E-state index is -0.935. The number of benzene rings is 1. The van der Waals surface area contributed by atoms with Gasteiger partial charge in [-0.2, -0.15) is 0 Å². The summed E-state index contributed by atoms with van der Waals surface area (Å²) >= 11 is 2.94. The summed E-state index contributed by atoms with van der Waals surface area (Å²) in [6, 6.07) is 1.97. The molecule has 1 atom stereocenters. The molecule has 0 aromatic heterocycles. The van der Waals surface area contributed by atoms with Crippen molar-refractivity contribution in [2.24, 2.45) is 5.73 Å². The van der Waals surface area contributed by atoms with E-state index in [1.807, 2.05) is 0 Å². The van der Waals surface area contributed by atoms with E-state index in [0.29, 0.717) is 5.56 Å². The van der Waals surface area contributed by atoms with E-state index in [1.54, 1.807) is 0 Å². The first-order chi connectivity index (χ1) is 6.57. The molecule has 1 unspecified atom stereocenters. The molecule has 1 aromatic carbocycles. The lowest BCUT2D eigenvalue weighted by molar-refractivity contribution is 0.500. The van der Waals surface area contributed by atoms with E-state index in [0.717, 1.165) is 6.07 Å². The standard InChI is InChI=1S/C10H8BrF2N/c1-2-3-8(14)6-4-5-7(12)10(13)9(6)11/h1,4-5,8H,3,14H2. The predicted molar refractivity (Wildman–Crippen MR) is 54.4 cm³/mol. The summed E-state index contributed by atoms with van der Waals surface area (Å²) in [6.45, 7) is 0. The Morgan fingerprint density at radius 3 is 2.71 bits per heavy atom. The van der Waals surface area contributed by atoms with Crippen LogP contribution in [0.2, 0.25) is 0 Å². The molecule has 1 rings (SSSR count). The molecule has 1 nitrogen and oxygen atoms in total. The second-order valence-corrected chi connectivity index (χ2v) is 3.57. The molecule has 0 saturated carbocycles. The normalized spacial score (nSPS) is 12.2. The maximum atomic E-state index is 13.1. The monoisotopic (exact) mass is 259 g/mol. The van der Waals surface area contributed by atoms with Crippen molar-refractivity contribution in [2.45, 2.75) is 12.5 Å². The van der Waals surface area contributed by atoms with Crippen LogP contribution in [0.1, 0.15) is 18.0 Å². The quantitative estimate of drug-likeness (QED) is 0.642. The van der Waals surface area contributed by atoms with Crippen LogP contribution in [0.25, 0.3) is 0 Å². The van der Waals surface area contributed by atoms with Crippen LogP contribution in [0.5, 0.6) is 0 Å². The van der Waals surface area contributed by atoms with Gasteiger partial charge < -0.3 is 5.73 Å². The van der Waals surface area contributed by atoms with E-state index in [4.69, 9.17) is 12.2 Å². The van der Waals surface area contributed by atoms with E-state index >= 15 is 0 Å². The van der Waals surface area contributed by atoms with Crippen LogP contribution in [-0.4, -0.2) is 0 Å². The van der Waals surface area contributed by atoms with Crippen molar-refractivity contribution in [3.63, 3.8) is 0 Å². The lowest BCUT2D eigenvalue weighted by Crippen LogP contribution is -2.11. The third-order valence-electron chi connectivity index (χ3n) is 1.80. The van der Waals surface area contributed by atoms with Gasteiger partial charge in [0.2, 0.25) is 0 Å². The second-order valence-electron chi connectivity index (χ2n) is 2.78. The van der Waals surface area contributed by atoms with Crippen LogP contribution in [0.3, 0.4) is 0 Å². The molecule has 0 saturated heterocycles. The molecule has 0 aliphatic carbocycles. The van der Waals surface area contributed by atoms with E-state index < -0.39 is 17.7 Å². The SMILES string of the molecule is C#CCC(N)c1ccc(F)c(F)c1Br. The van der Waals surface area contributed by atoms with E-state index in [2.05, 4.69) is 21.9 Å². The van der Waals surface area contributed by atoms with Crippen molar-refractivity contribution in [3.8, 4) is 12.3 Å². The maximum Gasteiger partial charge on any atom is 0.173 e. The molecule has 0 aliphatic heterocycles. The van der Waals surface area contributed by atoms with Gasteiger partial charge in [-0.1, -0.05) is 6.07 Å². The Bertz CT molecular complexity index is 384. The van der Waals surface area contributed by atoms with Crippen LogP contribution in [0.15, 0.2) is 16.6 Å². The highest BCUT2D eigenvalue weighted by atomic mass is 79.9. The van der Waals surface area contributed by atoms with Gasteiger partial charge >= 0.3 is 0 Å². The number of terminal acetylenes is 1. The van der Waals surface area contributed by atoms with E-state index in [-0.39, 0.29) is 10.9 Å². The third kappa shape index (κ3) is 2.11. The number of hydrogen-bond acceptors (Lipinski definition) is 1. The Labute approximate surface area is 89.4 Å². The number of hydrogen-bond donors (Lipinski definition) is 1. The summed E-state index contributed by atoms with van der Waals surface area (Å²) in [5.41, 5.74) is 6.14. The predicted octanol–water partition coefficient (Wildman–Crippen LogP) is 2.75. The van der Waals surface area contributed by atoms with Crippen LogP contribution >= 0.6 is 15.9 Å². The third-order valence-corrected chi connectivity index (χ3v) is 2.61. The van der Waals surface area contributed by atoms with Gasteiger partial charge in [0.1, 0.15) is 0 Å². The molecular weight excluding hydrogens is 252 g/mol. The molecule has 74 valence electrons. The summed E-state index contributed by atoms with van der Waals surface area (Å²) in [6.07, 6.45) is 5.35. The molecule has 4 heteroatoms. The number of halogens is 3. The first kappa shape index (κ1) is 11.2. The van der Waals surface area contributed by atoms with Crippen molar-refractivity contribution >= 4 is 15.9 Å². The van der Waals surface area contributed by atoms with Gasteiger partial charge in [-0.25, -0.2) is 8.78 Å². The fourth-order valence-electron chi connectivity index (χ4n) is 1.06. The van der Waals surface area contributed by atoms with Gasteiger partial charge in [-0.15, -0.1) is 12.3 Å². The highest BCUT2D eigenvalue weighted by molar-refractivity contribution is 9.10. The first-order valence-electron chi connectivity index (χ1n) is 3.90. The van der Waals surface area contributed by atoms with Crippen molar-refractivity contribution in [3.05, 3.63) is 33.8 Å². The molecule has 0 fully saturated rings. The molecule has 0 bridgehead atoms. The van der Waals surface area contributed by atoms with Gasteiger partial charge in [0.25, 0.3) is 0 Å². The molecule has 0 radical (unpaired) electrons. The number of nitrogens with two attached hydrogens (primary N) is 1. The van der Waals surface area contributed by atoms with Crippen LogP contribution in [0.4, 0.5) is 8.78 Å². The molecular formula is C10H8BrF2N. The molecule has 14 heavy (non-hydrogen) atoms. The zero-order valence-corrected chi connectivity index (χ0v) is 8.81. The summed E-state index contributed by atoms with van der Waals surface area (Å²) in [5.74, 6) is 0.521. The maximum absolute atomic E-state index is 13.1. The van der Waals surface area contributed by atoms with Gasteiger partial charge in [-0.3, -0.25) is 0 Å². The zero-order chi connectivity index (χ0) is 10.7. The van der Waals surface area contributed by atoms with E-state index in [1.165, 1.54) is 6.07 Å². The van der Waals surface area contributed by atoms with Gasteiger partial charge in [0.15, 0.2) is 11.6 Å². The molecule has 0 heterocycles. The van der Waals surface area contributed by atoms with Gasteiger partial charge in [0.05, 0.1) is 4.47 Å². The molecule has 1 aromatic rings. The largest absolute Gasteiger partial charge is 0.323 e. The minimum Gasteiger partial charge on any atom is -0.323 e. The van der Waals surface area contributed by atoms with Crippen LogP contribution < -0.4 is 5.73 Å². The average Bonchev–Trinajstić information content (AvgIpc) is 2.15. The van der Waals surface area contributed by atoms with Gasteiger partial charge in [0, 0.05) is 12.5 Å². The molecule has 0 spiro atoms. The fraction of sp³-hybridized carbons (Fsp3) is 0.200. The first-order valence-corrected chi connectivity index (χ1v) is 4.69. The summed E-state index contributed by atoms with van der Waals surface area (Å²) in [4.78, 5) is 0. The smallest absolute Gasteiger partial charge is 0.173 e. The zero-order valence-electron chi connectivity index (χ0n) is 7.23. The fourth-order valence-corrected chi connectivity index (χ4v) is 1.68. The van der Waals surface area contributed by atoms with E-state index in [9.17, 15) is 8.78 Å². The molecule has 2 N–H and O–H groups in total. The molecule has 0 aliphatic rings. The summed E-state index contributed by atoms with van der Waals surface area (Å²) in [7, 11) is 0. The lowest BCUT2D eigenvalue weighted by atomic mass is 10.1.